The molecule has 0 unspecified atom stereocenters. The van der Waals surface area contributed by atoms with E-state index in [0.29, 0.717) is 0 Å². The summed E-state index contributed by atoms with van der Waals surface area (Å²) in [4.78, 5) is 4.08. The van der Waals surface area contributed by atoms with Crippen molar-refractivity contribution >= 4 is 11.0 Å². The quantitative estimate of drug-likeness (QED) is 0.842. The Bertz CT molecular complexity index is 523. The normalized spacial score (nSPS) is 12.3. The third-order valence-corrected chi connectivity index (χ3v) is 2.57. The predicted octanol–water partition coefficient (Wildman–Crippen LogP) is 1.99. The van der Waals surface area contributed by atoms with Crippen molar-refractivity contribution in [2.24, 2.45) is 12.8 Å². The fourth-order valence-electron chi connectivity index (χ4n) is 1.88. The summed E-state index contributed by atoms with van der Waals surface area (Å²) in [5, 5.41) is 0.821. The maximum Gasteiger partial charge on any atom is 0.142 e. The average Bonchev–Trinajstić information content (AvgIpc) is 2.40. The van der Waals surface area contributed by atoms with Gasteiger partial charge in [0.15, 0.2) is 0 Å². The highest BCUT2D eigenvalue weighted by molar-refractivity contribution is 5.77. The highest BCUT2D eigenvalue weighted by atomic mass is 19.1. The number of pyridine rings is 1. The van der Waals surface area contributed by atoms with Crippen LogP contribution in [0.3, 0.4) is 0 Å². The first kappa shape index (κ1) is 11.1. The molecule has 0 bridgehead atoms. The Hall–Kier alpha value is -1.42. The van der Waals surface area contributed by atoms with Gasteiger partial charge in [0.25, 0.3) is 0 Å². The molecule has 0 aliphatic rings. The maximum atomic E-state index is 13.0. The van der Waals surface area contributed by atoms with Crippen LogP contribution in [0.25, 0.3) is 11.0 Å². The van der Waals surface area contributed by atoms with Crippen LogP contribution in [-0.4, -0.2) is 15.1 Å². The van der Waals surface area contributed by atoms with E-state index in [2.05, 4.69) is 4.98 Å². The number of nitrogens with zero attached hydrogens (tertiary/aromatic N) is 2. The molecular formula is C12H16FN3. The van der Waals surface area contributed by atoms with Gasteiger partial charge in [-0.25, -0.2) is 9.37 Å². The van der Waals surface area contributed by atoms with Gasteiger partial charge in [-0.15, -0.1) is 0 Å². The van der Waals surface area contributed by atoms with Gasteiger partial charge in [-0.05, 0) is 26.0 Å². The van der Waals surface area contributed by atoms with Crippen LogP contribution < -0.4 is 5.73 Å². The summed E-state index contributed by atoms with van der Waals surface area (Å²) in [5.41, 5.74) is 7.57. The zero-order valence-corrected chi connectivity index (χ0v) is 9.79. The second kappa shape index (κ2) is 3.56. The highest BCUT2D eigenvalue weighted by Gasteiger charge is 2.16. The van der Waals surface area contributed by atoms with Crippen molar-refractivity contribution < 1.29 is 4.39 Å². The van der Waals surface area contributed by atoms with Crippen molar-refractivity contribution in [3.63, 3.8) is 0 Å². The average molecular weight is 221 g/mol. The number of fused-ring (bicyclic) bond motifs is 1. The van der Waals surface area contributed by atoms with E-state index in [1.165, 1.54) is 12.3 Å². The molecule has 2 aromatic rings. The van der Waals surface area contributed by atoms with Gasteiger partial charge in [0.2, 0.25) is 0 Å². The van der Waals surface area contributed by atoms with Crippen LogP contribution in [0.4, 0.5) is 4.39 Å². The molecule has 2 heterocycles. The molecule has 0 radical (unpaired) electrons. The van der Waals surface area contributed by atoms with Gasteiger partial charge in [-0.1, -0.05) is 0 Å². The largest absolute Gasteiger partial charge is 0.333 e. The Labute approximate surface area is 94.1 Å². The molecule has 0 aromatic carbocycles. The van der Waals surface area contributed by atoms with E-state index in [0.717, 1.165) is 23.1 Å². The van der Waals surface area contributed by atoms with Gasteiger partial charge in [0.1, 0.15) is 11.5 Å². The van der Waals surface area contributed by atoms with Gasteiger partial charge >= 0.3 is 0 Å². The number of hydrogen-bond acceptors (Lipinski definition) is 2. The van der Waals surface area contributed by atoms with Crippen LogP contribution >= 0.6 is 0 Å². The fourth-order valence-corrected chi connectivity index (χ4v) is 1.88. The van der Waals surface area contributed by atoms with Crippen LogP contribution in [0.15, 0.2) is 18.3 Å². The van der Waals surface area contributed by atoms with Crippen LogP contribution in [0.5, 0.6) is 0 Å². The number of hydrogen-bond donors (Lipinski definition) is 1. The molecule has 2 aromatic heterocycles. The molecule has 0 aliphatic heterocycles. The van der Waals surface area contributed by atoms with Gasteiger partial charge in [-0.2, -0.15) is 0 Å². The molecule has 0 aliphatic carbocycles. The summed E-state index contributed by atoms with van der Waals surface area (Å²) in [6, 6.07) is 3.44. The van der Waals surface area contributed by atoms with Gasteiger partial charge in [0.05, 0.1) is 6.20 Å². The Balaban J connectivity index is 2.52. The predicted molar refractivity (Wildman–Crippen MR) is 62.6 cm³/mol. The van der Waals surface area contributed by atoms with E-state index in [1.807, 2.05) is 31.5 Å². The molecule has 16 heavy (non-hydrogen) atoms. The number of nitrogens with two attached hydrogens (primary N) is 1. The van der Waals surface area contributed by atoms with Crippen molar-refractivity contribution in [1.29, 1.82) is 0 Å². The lowest BCUT2D eigenvalue weighted by molar-refractivity contribution is 0.503. The minimum atomic E-state index is -0.309. The van der Waals surface area contributed by atoms with Gasteiger partial charge < -0.3 is 10.3 Å². The van der Waals surface area contributed by atoms with E-state index < -0.39 is 0 Å². The summed E-state index contributed by atoms with van der Waals surface area (Å²) in [5.74, 6) is -0.309. The third-order valence-electron chi connectivity index (χ3n) is 2.57. The zero-order chi connectivity index (χ0) is 11.9. The first-order chi connectivity index (χ1) is 7.37. The van der Waals surface area contributed by atoms with Crippen LogP contribution in [0.1, 0.15) is 19.5 Å². The lowest BCUT2D eigenvalue weighted by Crippen LogP contribution is -2.35. The number of rotatable bonds is 2. The Kier molecular flexibility index (Phi) is 2.46. The first-order valence-corrected chi connectivity index (χ1v) is 5.25. The monoisotopic (exact) mass is 221 g/mol. The Morgan fingerprint density at radius 2 is 2.12 bits per heavy atom. The molecule has 0 saturated heterocycles. The summed E-state index contributed by atoms with van der Waals surface area (Å²) in [6.45, 7) is 3.94. The molecule has 0 saturated carbocycles. The molecule has 4 heteroatoms. The summed E-state index contributed by atoms with van der Waals surface area (Å²) in [7, 11) is 1.92. The van der Waals surface area contributed by atoms with Crippen molar-refractivity contribution in [3.8, 4) is 0 Å². The smallest absolute Gasteiger partial charge is 0.142 e. The Morgan fingerprint density at radius 1 is 1.44 bits per heavy atom. The standard InChI is InChI=1S/C12H16FN3/c1-12(2,14)6-10-5-8-4-9(13)7-15-11(8)16(10)3/h4-5,7H,6,14H2,1-3H3. The summed E-state index contributed by atoms with van der Waals surface area (Å²) >= 11 is 0. The van der Waals surface area contributed by atoms with Crippen LogP contribution in [0.2, 0.25) is 0 Å². The molecule has 0 atom stereocenters. The molecule has 2 N–H and O–H groups in total. The Morgan fingerprint density at radius 3 is 2.75 bits per heavy atom. The molecule has 86 valence electrons. The molecule has 0 amide bonds. The molecular weight excluding hydrogens is 205 g/mol. The fraction of sp³-hybridized carbons (Fsp3) is 0.417. The van der Waals surface area contributed by atoms with Crippen LogP contribution in [-0.2, 0) is 13.5 Å². The van der Waals surface area contributed by atoms with E-state index in [4.69, 9.17) is 5.73 Å². The topological polar surface area (TPSA) is 43.8 Å². The molecule has 0 fully saturated rings. The number of halogens is 1. The minimum absolute atomic E-state index is 0.277. The second-order valence-corrected chi connectivity index (χ2v) is 4.93. The van der Waals surface area contributed by atoms with Gasteiger partial charge in [0, 0.05) is 30.1 Å². The maximum absolute atomic E-state index is 13.0. The molecule has 3 nitrogen and oxygen atoms in total. The molecule has 2 rings (SSSR count). The number of aromatic nitrogens is 2. The van der Waals surface area contributed by atoms with Crippen molar-refractivity contribution in [1.82, 2.24) is 9.55 Å². The first-order valence-electron chi connectivity index (χ1n) is 5.25. The van der Waals surface area contributed by atoms with E-state index in [-0.39, 0.29) is 11.4 Å². The minimum Gasteiger partial charge on any atom is -0.333 e. The van der Waals surface area contributed by atoms with E-state index in [9.17, 15) is 4.39 Å². The lowest BCUT2D eigenvalue weighted by atomic mass is 10.00. The van der Waals surface area contributed by atoms with E-state index in [1.54, 1.807) is 0 Å². The number of aryl methyl sites for hydroxylation is 1. The zero-order valence-electron chi connectivity index (χ0n) is 9.79. The molecule has 0 spiro atoms. The van der Waals surface area contributed by atoms with Crippen molar-refractivity contribution in [2.45, 2.75) is 25.8 Å². The van der Waals surface area contributed by atoms with Gasteiger partial charge in [-0.3, -0.25) is 0 Å². The second-order valence-electron chi connectivity index (χ2n) is 4.93. The summed E-state index contributed by atoms with van der Waals surface area (Å²) in [6.07, 6.45) is 1.97. The SMILES string of the molecule is Cn1c(CC(C)(C)N)cc2cc(F)cnc21. The highest BCUT2D eigenvalue weighted by Crippen LogP contribution is 2.20. The van der Waals surface area contributed by atoms with Crippen LogP contribution in [0, 0.1) is 5.82 Å². The third kappa shape index (κ3) is 2.07. The van der Waals surface area contributed by atoms with Crippen molar-refractivity contribution in [3.05, 3.63) is 29.8 Å². The van der Waals surface area contributed by atoms with Crippen molar-refractivity contribution in [2.75, 3.05) is 0 Å². The summed E-state index contributed by atoms with van der Waals surface area (Å²) < 4.78 is 15.0. The van der Waals surface area contributed by atoms with E-state index >= 15 is 0 Å². The lowest BCUT2D eigenvalue weighted by Gasteiger charge is -2.18.